The number of hydroxylamine groups is 1. The molecule has 0 spiro atoms. The van der Waals surface area contributed by atoms with Crippen molar-refractivity contribution in [1.29, 1.82) is 0 Å². The Morgan fingerprint density at radius 1 is 1.13 bits per heavy atom. The van der Waals surface area contributed by atoms with Crippen molar-refractivity contribution in [3.63, 3.8) is 0 Å². The molecule has 2 amide bonds. The van der Waals surface area contributed by atoms with Crippen LogP contribution in [0.3, 0.4) is 0 Å². The standard InChI is InChI=1S/C21H18F2N2O4S/c1-21(29-2,20(22)23)17(19(27)25-28)24-18(26)16-9-7-14(8-10-16)5-3-4-6-15-11-12-30-13-15/h7-13,17,20,28H,1-2H3,(H,24,26)(H,25,27)/t17-,21?/m1/s1. The largest absolute Gasteiger partial charge is 0.370 e. The average Bonchev–Trinajstić information content (AvgIpc) is 3.27. The minimum atomic E-state index is -3.11. The normalized spacial score (nSPS) is 13.1. The molecule has 2 rings (SSSR count). The summed E-state index contributed by atoms with van der Waals surface area (Å²) in [7, 11) is 0.977. The SMILES string of the molecule is COC(C)(C(F)F)[C@H](NC(=O)c1ccc(C#CC#Cc2ccsc2)cc1)C(=O)NO. The number of hydrogen-bond donors (Lipinski definition) is 3. The molecule has 3 N–H and O–H groups in total. The molecule has 0 saturated carbocycles. The van der Waals surface area contributed by atoms with Gasteiger partial charge in [0.2, 0.25) is 0 Å². The van der Waals surface area contributed by atoms with Crippen LogP contribution in [0.25, 0.3) is 0 Å². The van der Waals surface area contributed by atoms with Gasteiger partial charge in [0.1, 0.15) is 6.04 Å². The molecule has 1 aromatic heterocycles. The van der Waals surface area contributed by atoms with Crippen LogP contribution in [0.15, 0.2) is 41.1 Å². The average molecular weight is 432 g/mol. The van der Waals surface area contributed by atoms with E-state index in [1.54, 1.807) is 12.1 Å². The first-order valence-corrected chi connectivity index (χ1v) is 9.48. The molecule has 156 valence electrons. The zero-order chi connectivity index (χ0) is 22.1. The Kier molecular flexibility index (Phi) is 8.07. The van der Waals surface area contributed by atoms with E-state index in [0.717, 1.165) is 19.6 Å². The highest BCUT2D eigenvalue weighted by molar-refractivity contribution is 7.08. The highest BCUT2D eigenvalue weighted by atomic mass is 32.1. The third-order valence-electron chi connectivity index (χ3n) is 4.24. The summed E-state index contributed by atoms with van der Waals surface area (Å²) in [5.74, 6) is 9.08. The summed E-state index contributed by atoms with van der Waals surface area (Å²) in [5.41, 5.74) is 0.478. The van der Waals surface area contributed by atoms with E-state index in [1.807, 2.05) is 16.8 Å². The van der Waals surface area contributed by atoms with Crippen LogP contribution in [-0.2, 0) is 9.53 Å². The summed E-state index contributed by atoms with van der Waals surface area (Å²) in [6, 6.07) is 5.99. The summed E-state index contributed by atoms with van der Waals surface area (Å²) in [6.45, 7) is 0.952. The molecule has 2 atom stereocenters. The summed E-state index contributed by atoms with van der Waals surface area (Å²) in [4.78, 5) is 24.3. The molecule has 0 fully saturated rings. The van der Waals surface area contributed by atoms with Crippen molar-refractivity contribution in [1.82, 2.24) is 10.8 Å². The second-order valence-electron chi connectivity index (χ2n) is 6.16. The maximum atomic E-state index is 13.4. The number of rotatable bonds is 6. The van der Waals surface area contributed by atoms with Crippen LogP contribution in [0.1, 0.15) is 28.4 Å². The lowest BCUT2D eigenvalue weighted by atomic mass is 9.95. The first-order chi connectivity index (χ1) is 14.3. The predicted molar refractivity (Wildman–Crippen MR) is 107 cm³/mol. The van der Waals surface area contributed by atoms with Gasteiger partial charge in [-0.3, -0.25) is 14.8 Å². The van der Waals surface area contributed by atoms with E-state index >= 15 is 0 Å². The van der Waals surface area contributed by atoms with Gasteiger partial charge in [-0.25, -0.2) is 14.3 Å². The molecule has 0 radical (unpaired) electrons. The fraction of sp³-hybridized carbons (Fsp3) is 0.238. The lowest BCUT2D eigenvalue weighted by Crippen LogP contribution is -2.62. The molecule has 0 aliphatic heterocycles. The van der Waals surface area contributed by atoms with Crippen molar-refractivity contribution >= 4 is 23.2 Å². The monoisotopic (exact) mass is 432 g/mol. The summed E-state index contributed by atoms with van der Waals surface area (Å²) >= 11 is 1.53. The first kappa shape index (κ1) is 23.0. The molecular weight excluding hydrogens is 414 g/mol. The first-order valence-electron chi connectivity index (χ1n) is 8.54. The number of halogens is 2. The molecular formula is C21H18F2N2O4S. The second kappa shape index (κ2) is 10.5. The highest BCUT2D eigenvalue weighted by Crippen LogP contribution is 2.24. The highest BCUT2D eigenvalue weighted by Gasteiger charge is 2.48. The van der Waals surface area contributed by atoms with Crippen molar-refractivity contribution in [2.24, 2.45) is 0 Å². The van der Waals surface area contributed by atoms with Crippen molar-refractivity contribution in [3.05, 3.63) is 57.8 Å². The molecule has 1 unspecified atom stereocenters. The summed E-state index contributed by atoms with van der Waals surface area (Å²) in [6.07, 6.45) is -3.11. The Morgan fingerprint density at radius 3 is 2.27 bits per heavy atom. The zero-order valence-corrected chi connectivity index (χ0v) is 16.8. The molecule has 1 heterocycles. The number of carbonyl (C=O) groups is 2. The summed E-state index contributed by atoms with van der Waals surface area (Å²) < 4.78 is 31.6. The molecule has 6 nitrogen and oxygen atoms in total. The van der Waals surface area contributed by atoms with Gasteiger partial charge in [0.15, 0.2) is 5.60 Å². The van der Waals surface area contributed by atoms with E-state index < -0.39 is 29.9 Å². The van der Waals surface area contributed by atoms with Gasteiger partial charge >= 0.3 is 0 Å². The molecule has 9 heteroatoms. The fourth-order valence-electron chi connectivity index (χ4n) is 2.33. The van der Waals surface area contributed by atoms with Crippen LogP contribution in [-0.4, -0.2) is 42.2 Å². The molecule has 30 heavy (non-hydrogen) atoms. The number of ether oxygens (including phenoxy) is 1. The molecule has 0 aliphatic rings. The van der Waals surface area contributed by atoms with Crippen molar-refractivity contribution in [2.75, 3.05) is 7.11 Å². The van der Waals surface area contributed by atoms with Gasteiger partial charge in [-0.15, -0.1) is 0 Å². The van der Waals surface area contributed by atoms with Crippen molar-refractivity contribution in [2.45, 2.75) is 25.0 Å². The third kappa shape index (κ3) is 5.65. The van der Waals surface area contributed by atoms with E-state index in [-0.39, 0.29) is 5.56 Å². The predicted octanol–water partition coefficient (Wildman–Crippen LogP) is 2.43. The molecule has 0 aliphatic carbocycles. The smallest absolute Gasteiger partial charge is 0.269 e. The maximum absolute atomic E-state index is 13.4. The second-order valence-corrected chi connectivity index (χ2v) is 6.94. The van der Waals surface area contributed by atoms with Gasteiger partial charge in [-0.05, 0) is 54.5 Å². The van der Waals surface area contributed by atoms with Crippen LogP contribution < -0.4 is 10.8 Å². The number of alkyl halides is 2. The van der Waals surface area contributed by atoms with E-state index in [0.29, 0.717) is 5.56 Å². The van der Waals surface area contributed by atoms with Crippen LogP contribution in [0.4, 0.5) is 8.78 Å². The number of hydrogen-bond acceptors (Lipinski definition) is 5. The minimum absolute atomic E-state index is 0.105. The molecule has 0 saturated heterocycles. The number of carbonyl (C=O) groups excluding carboxylic acids is 2. The van der Waals surface area contributed by atoms with Gasteiger partial charge in [-0.2, -0.15) is 11.3 Å². The van der Waals surface area contributed by atoms with Gasteiger partial charge in [0, 0.05) is 29.2 Å². The Hall–Kier alpha value is -3.24. The van der Waals surface area contributed by atoms with Crippen LogP contribution >= 0.6 is 11.3 Å². The van der Waals surface area contributed by atoms with E-state index in [9.17, 15) is 18.4 Å². The van der Waals surface area contributed by atoms with Gasteiger partial charge in [0.25, 0.3) is 18.2 Å². The number of nitrogens with one attached hydrogen (secondary N) is 2. The Labute approximate surface area is 176 Å². The molecule has 1 aromatic carbocycles. The van der Waals surface area contributed by atoms with Gasteiger partial charge < -0.3 is 10.1 Å². The van der Waals surface area contributed by atoms with Crippen molar-refractivity contribution < 1.29 is 28.3 Å². The fourth-order valence-corrected chi connectivity index (χ4v) is 2.92. The maximum Gasteiger partial charge on any atom is 0.269 e. The Balaban J connectivity index is 2.13. The summed E-state index contributed by atoms with van der Waals surface area (Å²) in [5, 5.41) is 14.8. The van der Waals surface area contributed by atoms with E-state index in [4.69, 9.17) is 9.94 Å². The van der Waals surface area contributed by atoms with E-state index in [1.165, 1.54) is 28.9 Å². The van der Waals surface area contributed by atoms with Crippen molar-refractivity contribution in [3.8, 4) is 23.7 Å². The zero-order valence-electron chi connectivity index (χ0n) is 16.0. The third-order valence-corrected chi connectivity index (χ3v) is 4.92. The van der Waals surface area contributed by atoms with E-state index in [2.05, 4.69) is 29.0 Å². The molecule has 0 bridgehead atoms. The quantitative estimate of drug-likeness (QED) is 0.372. The number of benzene rings is 1. The van der Waals surface area contributed by atoms with Gasteiger partial charge in [-0.1, -0.05) is 11.8 Å². The lowest BCUT2D eigenvalue weighted by molar-refractivity contribution is -0.157. The lowest BCUT2D eigenvalue weighted by Gasteiger charge is -2.34. The number of methoxy groups -OCH3 is 1. The Morgan fingerprint density at radius 2 is 1.77 bits per heavy atom. The topological polar surface area (TPSA) is 87.7 Å². The molecule has 2 aromatic rings. The minimum Gasteiger partial charge on any atom is -0.370 e. The van der Waals surface area contributed by atoms with Crippen LogP contribution in [0, 0.1) is 23.7 Å². The van der Waals surface area contributed by atoms with Crippen LogP contribution in [0.2, 0.25) is 0 Å². The number of thiophene rings is 1. The number of amides is 2. The van der Waals surface area contributed by atoms with Crippen LogP contribution in [0.5, 0.6) is 0 Å². The Bertz CT molecular complexity index is 1000. The van der Waals surface area contributed by atoms with Gasteiger partial charge in [0.05, 0.1) is 0 Å².